The summed E-state index contributed by atoms with van der Waals surface area (Å²) >= 11 is 0. The summed E-state index contributed by atoms with van der Waals surface area (Å²) in [6, 6.07) is 11.5. The maximum absolute atomic E-state index is 12.4. The van der Waals surface area contributed by atoms with E-state index in [1.165, 1.54) is 5.56 Å². The smallest absolute Gasteiger partial charge is 0.255 e. The number of para-hydroxylation sites is 1. The first-order chi connectivity index (χ1) is 10.3. The minimum atomic E-state index is -0.105. The minimum absolute atomic E-state index is 0.105. The SMILES string of the molecule is O=C(Nc1cccc2cn[nH]c12)c1ccc2c(c1)CCN2. The average Bonchev–Trinajstić information content (AvgIpc) is 3.15. The lowest BCUT2D eigenvalue weighted by Gasteiger charge is -2.07. The van der Waals surface area contributed by atoms with E-state index >= 15 is 0 Å². The predicted molar refractivity (Wildman–Crippen MR) is 82.7 cm³/mol. The number of rotatable bonds is 2. The standard InChI is InChI=1S/C16H14N4O/c21-16(11-4-5-13-10(8-11)6-7-17-13)19-14-3-1-2-12-9-18-20-15(12)14/h1-5,8-9,17H,6-7H2,(H,18,20)(H,19,21). The van der Waals surface area contributed by atoms with Crippen LogP contribution >= 0.6 is 0 Å². The number of hydrogen-bond donors (Lipinski definition) is 3. The van der Waals surface area contributed by atoms with Gasteiger partial charge in [-0.25, -0.2) is 0 Å². The zero-order valence-electron chi connectivity index (χ0n) is 11.3. The second-order valence-electron chi connectivity index (χ2n) is 5.14. The van der Waals surface area contributed by atoms with E-state index < -0.39 is 0 Å². The van der Waals surface area contributed by atoms with Gasteiger partial charge in [-0.05, 0) is 36.2 Å². The van der Waals surface area contributed by atoms with E-state index in [4.69, 9.17) is 0 Å². The summed E-state index contributed by atoms with van der Waals surface area (Å²) in [5, 5.41) is 14.1. The van der Waals surface area contributed by atoms with Crippen molar-refractivity contribution in [3.05, 3.63) is 53.7 Å². The molecule has 0 bridgehead atoms. The molecule has 0 radical (unpaired) electrons. The molecular formula is C16H14N4O. The number of nitrogens with one attached hydrogen (secondary N) is 3. The molecule has 1 amide bonds. The molecule has 0 saturated heterocycles. The highest BCUT2D eigenvalue weighted by Gasteiger charge is 2.14. The van der Waals surface area contributed by atoms with Gasteiger partial charge in [-0.2, -0.15) is 5.10 Å². The molecule has 3 N–H and O–H groups in total. The Balaban J connectivity index is 1.65. The number of aromatic amines is 1. The number of anilines is 2. The van der Waals surface area contributed by atoms with E-state index in [1.54, 1.807) is 6.20 Å². The molecule has 0 unspecified atom stereocenters. The molecule has 1 aliphatic heterocycles. The number of nitrogens with zero attached hydrogens (tertiary/aromatic N) is 1. The molecule has 5 heteroatoms. The highest BCUT2D eigenvalue weighted by atomic mass is 16.1. The quantitative estimate of drug-likeness (QED) is 0.675. The third-order valence-electron chi connectivity index (χ3n) is 3.80. The van der Waals surface area contributed by atoms with Gasteiger partial charge in [-0.1, -0.05) is 12.1 Å². The van der Waals surface area contributed by atoms with Crippen molar-refractivity contribution >= 4 is 28.2 Å². The lowest BCUT2D eigenvalue weighted by atomic mass is 10.1. The van der Waals surface area contributed by atoms with Crippen molar-refractivity contribution in [3.63, 3.8) is 0 Å². The molecule has 0 atom stereocenters. The topological polar surface area (TPSA) is 69.8 Å². The van der Waals surface area contributed by atoms with E-state index in [-0.39, 0.29) is 5.91 Å². The number of carbonyl (C=O) groups excluding carboxylic acids is 1. The van der Waals surface area contributed by atoms with Crippen LogP contribution in [0.25, 0.3) is 10.9 Å². The fraction of sp³-hybridized carbons (Fsp3) is 0.125. The summed E-state index contributed by atoms with van der Waals surface area (Å²) < 4.78 is 0. The first-order valence-corrected chi connectivity index (χ1v) is 6.91. The summed E-state index contributed by atoms with van der Waals surface area (Å²) in [5.74, 6) is -0.105. The van der Waals surface area contributed by atoms with Gasteiger partial charge in [0.15, 0.2) is 0 Å². The lowest BCUT2D eigenvalue weighted by molar-refractivity contribution is 0.102. The normalized spacial score (nSPS) is 13.0. The van der Waals surface area contributed by atoms with Crippen LogP contribution in [0.15, 0.2) is 42.6 Å². The van der Waals surface area contributed by atoms with Gasteiger partial charge in [0.05, 0.1) is 17.4 Å². The Kier molecular flexibility index (Phi) is 2.64. The number of hydrogen-bond acceptors (Lipinski definition) is 3. The summed E-state index contributed by atoms with van der Waals surface area (Å²) in [4.78, 5) is 12.4. The Labute approximate surface area is 121 Å². The van der Waals surface area contributed by atoms with E-state index in [1.807, 2.05) is 36.4 Å². The third kappa shape index (κ3) is 2.03. The summed E-state index contributed by atoms with van der Waals surface area (Å²) in [5.41, 5.74) is 4.58. The van der Waals surface area contributed by atoms with Gasteiger partial charge in [0, 0.05) is 23.2 Å². The van der Waals surface area contributed by atoms with Crippen molar-refractivity contribution in [2.45, 2.75) is 6.42 Å². The number of carbonyl (C=O) groups is 1. The Morgan fingerprint density at radius 2 is 2.19 bits per heavy atom. The second-order valence-corrected chi connectivity index (χ2v) is 5.14. The van der Waals surface area contributed by atoms with E-state index in [0.717, 1.165) is 35.2 Å². The summed E-state index contributed by atoms with van der Waals surface area (Å²) in [6.07, 6.45) is 2.71. The number of H-pyrrole nitrogens is 1. The van der Waals surface area contributed by atoms with Crippen molar-refractivity contribution in [1.82, 2.24) is 10.2 Å². The van der Waals surface area contributed by atoms with Crippen LogP contribution in [0.4, 0.5) is 11.4 Å². The molecule has 3 aromatic rings. The molecule has 0 spiro atoms. The zero-order valence-corrected chi connectivity index (χ0v) is 11.3. The first kappa shape index (κ1) is 12.0. The molecule has 0 aliphatic carbocycles. The zero-order chi connectivity index (χ0) is 14.2. The number of aromatic nitrogens is 2. The van der Waals surface area contributed by atoms with Crippen molar-refractivity contribution < 1.29 is 4.79 Å². The fourth-order valence-corrected chi connectivity index (χ4v) is 2.71. The van der Waals surface area contributed by atoms with Gasteiger partial charge in [-0.3, -0.25) is 9.89 Å². The molecule has 5 nitrogen and oxygen atoms in total. The number of benzene rings is 2. The maximum atomic E-state index is 12.4. The number of amides is 1. The van der Waals surface area contributed by atoms with Crippen LogP contribution in [0.2, 0.25) is 0 Å². The van der Waals surface area contributed by atoms with Gasteiger partial charge in [0.2, 0.25) is 0 Å². The Bertz CT molecular complexity index is 837. The molecule has 2 heterocycles. The van der Waals surface area contributed by atoms with Gasteiger partial charge >= 0.3 is 0 Å². The maximum Gasteiger partial charge on any atom is 0.255 e. The largest absolute Gasteiger partial charge is 0.384 e. The third-order valence-corrected chi connectivity index (χ3v) is 3.80. The fourth-order valence-electron chi connectivity index (χ4n) is 2.71. The Morgan fingerprint density at radius 1 is 1.24 bits per heavy atom. The summed E-state index contributed by atoms with van der Waals surface area (Å²) in [7, 11) is 0. The van der Waals surface area contributed by atoms with Crippen LogP contribution in [0.5, 0.6) is 0 Å². The predicted octanol–water partition coefficient (Wildman–Crippen LogP) is 2.78. The minimum Gasteiger partial charge on any atom is -0.384 e. The Hall–Kier alpha value is -2.82. The van der Waals surface area contributed by atoms with Crippen molar-refractivity contribution in [2.75, 3.05) is 17.2 Å². The highest BCUT2D eigenvalue weighted by molar-refractivity contribution is 6.08. The first-order valence-electron chi connectivity index (χ1n) is 6.91. The van der Waals surface area contributed by atoms with E-state index in [2.05, 4.69) is 20.8 Å². The molecule has 2 aromatic carbocycles. The Morgan fingerprint density at radius 3 is 3.14 bits per heavy atom. The van der Waals surface area contributed by atoms with E-state index in [9.17, 15) is 4.79 Å². The van der Waals surface area contributed by atoms with Crippen LogP contribution in [0.1, 0.15) is 15.9 Å². The molecule has 1 aromatic heterocycles. The van der Waals surface area contributed by atoms with Crippen LogP contribution in [0, 0.1) is 0 Å². The average molecular weight is 278 g/mol. The van der Waals surface area contributed by atoms with Crippen molar-refractivity contribution in [1.29, 1.82) is 0 Å². The highest BCUT2D eigenvalue weighted by Crippen LogP contribution is 2.25. The van der Waals surface area contributed by atoms with Gasteiger partial charge < -0.3 is 10.6 Å². The van der Waals surface area contributed by atoms with E-state index in [0.29, 0.717) is 5.56 Å². The molecule has 0 saturated carbocycles. The monoisotopic (exact) mass is 278 g/mol. The summed E-state index contributed by atoms with van der Waals surface area (Å²) in [6.45, 7) is 0.938. The second kappa shape index (κ2) is 4.63. The number of fused-ring (bicyclic) bond motifs is 2. The van der Waals surface area contributed by atoms with Gasteiger partial charge in [0.1, 0.15) is 0 Å². The molecular weight excluding hydrogens is 264 g/mol. The lowest BCUT2D eigenvalue weighted by Crippen LogP contribution is -2.12. The van der Waals surface area contributed by atoms with Crippen LogP contribution in [0.3, 0.4) is 0 Å². The van der Waals surface area contributed by atoms with Crippen LogP contribution in [-0.2, 0) is 6.42 Å². The molecule has 1 aliphatic rings. The molecule has 21 heavy (non-hydrogen) atoms. The van der Waals surface area contributed by atoms with Crippen LogP contribution in [-0.4, -0.2) is 22.6 Å². The molecule has 4 rings (SSSR count). The molecule has 0 fully saturated rings. The van der Waals surface area contributed by atoms with Crippen molar-refractivity contribution in [2.24, 2.45) is 0 Å². The van der Waals surface area contributed by atoms with Gasteiger partial charge in [0.25, 0.3) is 5.91 Å². The van der Waals surface area contributed by atoms with Crippen molar-refractivity contribution in [3.8, 4) is 0 Å². The molecule has 104 valence electrons. The van der Waals surface area contributed by atoms with Crippen LogP contribution < -0.4 is 10.6 Å². The van der Waals surface area contributed by atoms with Gasteiger partial charge in [-0.15, -0.1) is 0 Å².